The molecule has 1 saturated carbocycles. The van der Waals surface area contributed by atoms with Crippen molar-refractivity contribution in [3.63, 3.8) is 0 Å². The van der Waals surface area contributed by atoms with Gasteiger partial charge in [0, 0.05) is 25.4 Å². The molecule has 3 aromatic heterocycles. The lowest BCUT2D eigenvalue weighted by Gasteiger charge is -2.19. The number of amides is 1. The van der Waals surface area contributed by atoms with Crippen LogP contribution < -0.4 is 5.32 Å². The maximum absolute atomic E-state index is 12.7. The summed E-state index contributed by atoms with van der Waals surface area (Å²) in [6, 6.07) is 8.32. The average Bonchev–Trinajstić information content (AvgIpc) is 3.13. The number of carbonyl (C=O) groups excluding carboxylic acids is 1. The molecule has 0 aliphatic heterocycles. The molecule has 31 heavy (non-hydrogen) atoms. The number of thiophene rings is 1. The second-order valence-corrected chi connectivity index (χ2v) is 9.27. The fourth-order valence-corrected chi connectivity index (χ4v) is 4.49. The van der Waals surface area contributed by atoms with E-state index in [1.807, 2.05) is 23.8 Å². The molecule has 7 nitrogen and oxygen atoms in total. The molecule has 4 aromatic rings. The predicted octanol–water partition coefficient (Wildman–Crippen LogP) is 4.29. The van der Waals surface area contributed by atoms with Crippen LogP contribution in [0.25, 0.3) is 21.7 Å². The number of aryl methyl sites for hydroxylation is 3. The summed E-state index contributed by atoms with van der Waals surface area (Å²) in [5.41, 5.74) is 4.62. The van der Waals surface area contributed by atoms with Crippen molar-refractivity contribution in [3.05, 3.63) is 53.0 Å². The third-order valence-corrected chi connectivity index (χ3v) is 6.81. The first-order valence-corrected chi connectivity index (χ1v) is 11.5. The molecule has 1 fully saturated rings. The fourth-order valence-electron chi connectivity index (χ4n) is 3.84. The molecule has 8 heteroatoms. The van der Waals surface area contributed by atoms with Crippen LogP contribution in [-0.2, 0) is 17.8 Å². The van der Waals surface area contributed by atoms with Crippen LogP contribution in [-0.4, -0.2) is 31.6 Å². The van der Waals surface area contributed by atoms with Crippen LogP contribution in [0, 0.1) is 19.8 Å². The number of carbonyl (C=O) groups is 1. The second kappa shape index (κ2) is 8.26. The number of rotatable bonds is 8. The summed E-state index contributed by atoms with van der Waals surface area (Å²) in [5, 5.41) is 9.22. The van der Waals surface area contributed by atoms with Crippen LogP contribution in [0.15, 0.2) is 40.5 Å². The Morgan fingerprint density at radius 1 is 1.32 bits per heavy atom. The number of imidazole rings is 1. The lowest BCUT2D eigenvalue weighted by molar-refractivity contribution is -0.122. The molecule has 1 N–H and O–H groups in total. The zero-order valence-corrected chi connectivity index (χ0v) is 18.5. The molecule has 0 bridgehead atoms. The van der Waals surface area contributed by atoms with E-state index in [2.05, 4.69) is 51.0 Å². The van der Waals surface area contributed by atoms with Gasteiger partial charge < -0.3 is 14.4 Å². The Labute approximate surface area is 184 Å². The predicted molar refractivity (Wildman–Crippen MR) is 120 cm³/mol. The van der Waals surface area contributed by atoms with Gasteiger partial charge in [0.2, 0.25) is 17.6 Å². The summed E-state index contributed by atoms with van der Waals surface area (Å²) in [6.45, 7) is 4.96. The van der Waals surface area contributed by atoms with Crippen molar-refractivity contribution in [2.45, 2.75) is 52.1 Å². The average molecular weight is 436 g/mol. The van der Waals surface area contributed by atoms with Crippen molar-refractivity contribution in [3.8, 4) is 10.7 Å². The van der Waals surface area contributed by atoms with Crippen LogP contribution >= 0.6 is 11.3 Å². The zero-order valence-electron chi connectivity index (χ0n) is 17.7. The molecule has 160 valence electrons. The van der Waals surface area contributed by atoms with E-state index >= 15 is 0 Å². The zero-order chi connectivity index (χ0) is 21.4. The van der Waals surface area contributed by atoms with Gasteiger partial charge in [-0.2, -0.15) is 4.98 Å². The molecular formula is C23H25N5O2S. The molecule has 0 spiro atoms. The van der Waals surface area contributed by atoms with Gasteiger partial charge in [0.25, 0.3) is 0 Å². The Hall–Kier alpha value is -3.00. The highest BCUT2D eigenvalue weighted by molar-refractivity contribution is 7.13. The Balaban J connectivity index is 1.22. The minimum Gasteiger partial charge on any atom is -0.351 e. The van der Waals surface area contributed by atoms with E-state index in [-0.39, 0.29) is 11.9 Å². The van der Waals surface area contributed by atoms with E-state index in [4.69, 9.17) is 4.52 Å². The van der Waals surface area contributed by atoms with Crippen molar-refractivity contribution in [1.29, 1.82) is 0 Å². The van der Waals surface area contributed by atoms with Crippen molar-refractivity contribution in [2.24, 2.45) is 5.92 Å². The van der Waals surface area contributed by atoms with Gasteiger partial charge in [-0.1, -0.05) is 11.2 Å². The highest BCUT2D eigenvalue weighted by Gasteiger charge is 2.32. The smallest absolute Gasteiger partial charge is 0.227 e. The van der Waals surface area contributed by atoms with Crippen molar-refractivity contribution < 1.29 is 9.32 Å². The summed E-state index contributed by atoms with van der Waals surface area (Å²) in [5.74, 6) is 1.62. The number of hydrogen-bond donors (Lipinski definition) is 1. The lowest BCUT2D eigenvalue weighted by Crippen LogP contribution is -2.39. The van der Waals surface area contributed by atoms with Crippen LogP contribution in [0.4, 0.5) is 0 Å². The number of benzene rings is 1. The van der Waals surface area contributed by atoms with Gasteiger partial charge in [0.15, 0.2) is 0 Å². The van der Waals surface area contributed by atoms with Crippen molar-refractivity contribution in [2.75, 3.05) is 0 Å². The monoisotopic (exact) mass is 435 g/mol. The highest BCUT2D eigenvalue weighted by Crippen LogP contribution is 2.34. The Morgan fingerprint density at radius 2 is 2.16 bits per heavy atom. The van der Waals surface area contributed by atoms with Gasteiger partial charge in [-0.05, 0) is 67.3 Å². The number of fused-ring (bicyclic) bond motifs is 1. The molecule has 0 unspecified atom stereocenters. The minimum absolute atomic E-state index is 0.0178. The fraction of sp³-hybridized carbons (Fsp3) is 0.391. The topological polar surface area (TPSA) is 85.8 Å². The van der Waals surface area contributed by atoms with E-state index < -0.39 is 0 Å². The van der Waals surface area contributed by atoms with Crippen LogP contribution in [0.5, 0.6) is 0 Å². The maximum Gasteiger partial charge on any atom is 0.227 e. The molecule has 3 heterocycles. The maximum atomic E-state index is 12.7. The minimum atomic E-state index is 0.0178. The Kier molecular flexibility index (Phi) is 5.31. The van der Waals surface area contributed by atoms with Crippen LogP contribution in [0.3, 0.4) is 0 Å². The van der Waals surface area contributed by atoms with E-state index in [0.717, 1.165) is 35.3 Å². The van der Waals surface area contributed by atoms with E-state index in [1.165, 1.54) is 11.1 Å². The van der Waals surface area contributed by atoms with Gasteiger partial charge in [0.1, 0.15) is 0 Å². The third kappa shape index (κ3) is 4.39. The lowest BCUT2D eigenvalue weighted by atomic mass is 10.1. The first-order valence-electron chi connectivity index (χ1n) is 10.6. The summed E-state index contributed by atoms with van der Waals surface area (Å²) in [7, 11) is 0. The van der Waals surface area contributed by atoms with E-state index in [9.17, 15) is 4.79 Å². The summed E-state index contributed by atoms with van der Waals surface area (Å²) in [4.78, 5) is 22.6. The summed E-state index contributed by atoms with van der Waals surface area (Å²) >= 11 is 1.56. The van der Waals surface area contributed by atoms with Gasteiger partial charge in [-0.15, -0.1) is 11.3 Å². The normalized spacial score (nSPS) is 14.8. The molecule has 1 amide bonds. The second-order valence-electron chi connectivity index (χ2n) is 8.32. The molecule has 1 aliphatic rings. The van der Waals surface area contributed by atoms with E-state index in [1.54, 1.807) is 11.3 Å². The quantitative estimate of drug-likeness (QED) is 0.446. The first-order chi connectivity index (χ1) is 15.1. The van der Waals surface area contributed by atoms with Crippen molar-refractivity contribution in [1.82, 2.24) is 25.0 Å². The molecule has 5 rings (SSSR count). The molecular weight excluding hydrogens is 410 g/mol. The summed E-state index contributed by atoms with van der Waals surface area (Å²) < 4.78 is 7.47. The van der Waals surface area contributed by atoms with Gasteiger partial charge in [-0.3, -0.25) is 4.79 Å². The number of aromatic nitrogens is 4. The Bertz CT molecular complexity index is 1210. The third-order valence-electron chi connectivity index (χ3n) is 5.94. The van der Waals surface area contributed by atoms with Gasteiger partial charge in [-0.25, -0.2) is 4.98 Å². The Morgan fingerprint density at radius 3 is 2.94 bits per heavy atom. The standard InChI is InChI=1S/C23H25N5O2S/c1-14-10-17-19(11-15(14)2)28(13-24-17)12-18(16-5-6-16)25-21(29)7-8-22-26-23(27-30-22)20-4-3-9-31-20/h3-4,9-11,13,16,18H,5-8,12H2,1-2H3,(H,25,29)/t18-/m1/s1. The summed E-state index contributed by atoms with van der Waals surface area (Å²) in [6.07, 6.45) is 4.97. The number of nitrogens with one attached hydrogen (secondary N) is 1. The molecule has 1 atom stereocenters. The van der Waals surface area contributed by atoms with Gasteiger partial charge in [0.05, 0.1) is 22.2 Å². The first kappa shape index (κ1) is 19.9. The van der Waals surface area contributed by atoms with Crippen LogP contribution in [0.1, 0.15) is 36.3 Å². The molecule has 1 aromatic carbocycles. The molecule has 0 radical (unpaired) electrons. The highest BCUT2D eigenvalue weighted by atomic mass is 32.1. The number of nitrogens with zero attached hydrogens (tertiary/aromatic N) is 4. The largest absolute Gasteiger partial charge is 0.351 e. The van der Waals surface area contributed by atoms with Crippen molar-refractivity contribution >= 4 is 28.3 Å². The van der Waals surface area contributed by atoms with Gasteiger partial charge >= 0.3 is 0 Å². The van der Waals surface area contributed by atoms with E-state index in [0.29, 0.717) is 30.5 Å². The van der Waals surface area contributed by atoms with Crippen LogP contribution in [0.2, 0.25) is 0 Å². The molecule has 1 aliphatic carbocycles. The molecule has 0 saturated heterocycles. The SMILES string of the molecule is Cc1cc2ncn(C[C@@H](NC(=O)CCc3nc(-c4cccs4)no3)C3CC3)c2cc1C. The number of hydrogen-bond acceptors (Lipinski definition) is 6.